The largest absolute Gasteiger partial charge is 0.458 e. The molecule has 3 aromatic rings. The number of ether oxygens (including phenoxy) is 2. The molecule has 0 saturated heterocycles. The molecular formula is C25H24FN5O7. The van der Waals surface area contributed by atoms with Gasteiger partial charge in [-0.05, 0) is 30.2 Å². The number of halogens is 1. The van der Waals surface area contributed by atoms with Crippen molar-refractivity contribution in [3.63, 3.8) is 0 Å². The number of benzene rings is 1. The van der Waals surface area contributed by atoms with Crippen LogP contribution in [-0.2, 0) is 43.6 Å². The van der Waals surface area contributed by atoms with Crippen molar-refractivity contribution in [1.82, 2.24) is 20.2 Å². The highest BCUT2D eigenvalue weighted by molar-refractivity contribution is 5.89. The van der Waals surface area contributed by atoms with E-state index in [0.29, 0.717) is 39.0 Å². The average Bonchev–Trinajstić information content (AvgIpc) is 3.26. The molecule has 12 nitrogen and oxygen atoms in total. The molecule has 0 saturated carbocycles. The summed E-state index contributed by atoms with van der Waals surface area (Å²) >= 11 is 0. The second-order valence-corrected chi connectivity index (χ2v) is 8.97. The molecular weight excluding hydrogens is 501 g/mol. The molecule has 2 aliphatic rings. The van der Waals surface area contributed by atoms with E-state index in [9.17, 15) is 28.7 Å². The molecule has 198 valence electrons. The van der Waals surface area contributed by atoms with E-state index in [0.717, 1.165) is 0 Å². The van der Waals surface area contributed by atoms with E-state index in [-0.39, 0.29) is 50.7 Å². The number of hydrogen-bond donors (Lipinski definition) is 4. The fourth-order valence-corrected chi connectivity index (χ4v) is 4.63. The topological polar surface area (TPSA) is 175 Å². The Kier molecular flexibility index (Phi) is 6.65. The second-order valence-electron chi connectivity index (χ2n) is 8.97. The summed E-state index contributed by atoms with van der Waals surface area (Å²) in [5.41, 5.74) is 7.81. The number of hydrogen-bond acceptors (Lipinski definition) is 9. The van der Waals surface area contributed by atoms with Crippen LogP contribution in [0, 0.1) is 12.7 Å². The Morgan fingerprint density at radius 1 is 1.24 bits per heavy atom. The van der Waals surface area contributed by atoms with Crippen LogP contribution in [-0.4, -0.2) is 52.3 Å². The van der Waals surface area contributed by atoms with E-state index in [4.69, 9.17) is 15.2 Å². The first-order valence-corrected chi connectivity index (χ1v) is 11.7. The van der Waals surface area contributed by atoms with Gasteiger partial charge in [0.15, 0.2) is 6.10 Å². The molecule has 2 aromatic heterocycles. The number of rotatable bonds is 7. The van der Waals surface area contributed by atoms with Crippen LogP contribution in [0.25, 0.3) is 22.3 Å². The number of carbonyl (C=O) groups is 3. The van der Waals surface area contributed by atoms with E-state index >= 15 is 0 Å². The lowest BCUT2D eigenvalue weighted by Crippen LogP contribution is -2.34. The molecule has 2 aliphatic heterocycles. The third kappa shape index (κ3) is 4.40. The lowest BCUT2D eigenvalue weighted by molar-refractivity contribution is -0.157. The van der Waals surface area contributed by atoms with Gasteiger partial charge in [0, 0.05) is 29.1 Å². The van der Waals surface area contributed by atoms with Crippen molar-refractivity contribution in [3.05, 3.63) is 62.2 Å². The highest BCUT2D eigenvalue weighted by atomic mass is 19.1. The Bertz CT molecular complexity index is 1570. The summed E-state index contributed by atoms with van der Waals surface area (Å²) in [6, 6.07) is 4.44. The van der Waals surface area contributed by atoms with E-state index in [1.807, 2.05) is 0 Å². The van der Waals surface area contributed by atoms with Gasteiger partial charge in [0.05, 0.1) is 35.6 Å². The molecule has 0 radical (unpaired) electrons. The van der Waals surface area contributed by atoms with E-state index in [2.05, 4.69) is 15.6 Å². The summed E-state index contributed by atoms with van der Waals surface area (Å²) in [5, 5.41) is 16.1. The fraction of sp³-hybridized carbons (Fsp3) is 0.320. The number of fused-ring (bicyclic) bond motifs is 5. The van der Waals surface area contributed by atoms with Gasteiger partial charge in [-0.1, -0.05) is 0 Å². The molecule has 38 heavy (non-hydrogen) atoms. The van der Waals surface area contributed by atoms with Crippen molar-refractivity contribution in [3.8, 4) is 11.4 Å². The standard InChI is InChI=1S/C25H24FN5O7/c1-11-2-12-14(6-28-21(33)9-37-10-29-20(32)5-27)15-7-31-19(22(15)30-18(12)4-17(11)26)3-13-16(24(31)35)8-38-25(36)23(13)34/h2-4,23,34H,5-10,27H2,1H3,(H,28,33)(H,29,32). The zero-order chi connectivity index (χ0) is 27.1. The van der Waals surface area contributed by atoms with Gasteiger partial charge in [0.1, 0.15) is 25.8 Å². The third-order valence-corrected chi connectivity index (χ3v) is 6.61. The van der Waals surface area contributed by atoms with Gasteiger partial charge < -0.3 is 35.5 Å². The number of nitrogens with zero attached hydrogens (tertiary/aromatic N) is 2. The van der Waals surface area contributed by atoms with Crippen LogP contribution in [0.4, 0.5) is 4.39 Å². The Hall–Kier alpha value is -4.20. The SMILES string of the molecule is Cc1cc2c(CNC(=O)COCNC(=O)CN)c3c(nc2cc1F)-c1cc2c(c(=O)n1C3)COC(=O)C2O. The maximum Gasteiger partial charge on any atom is 0.340 e. The maximum atomic E-state index is 14.5. The predicted molar refractivity (Wildman–Crippen MR) is 130 cm³/mol. The summed E-state index contributed by atoms with van der Waals surface area (Å²) < 4.78 is 26.0. The zero-order valence-electron chi connectivity index (χ0n) is 20.3. The smallest absolute Gasteiger partial charge is 0.340 e. The van der Waals surface area contributed by atoms with Gasteiger partial charge in [-0.25, -0.2) is 14.2 Å². The van der Waals surface area contributed by atoms with Crippen molar-refractivity contribution in [1.29, 1.82) is 0 Å². The lowest BCUT2D eigenvalue weighted by Gasteiger charge is -2.21. The van der Waals surface area contributed by atoms with Gasteiger partial charge in [0.25, 0.3) is 5.56 Å². The number of pyridine rings is 2. The quantitative estimate of drug-likeness (QED) is 0.142. The fourth-order valence-electron chi connectivity index (χ4n) is 4.63. The number of aliphatic hydroxyl groups is 1. The van der Waals surface area contributed by atoms with Gasteiger partial charge in [-0.15, -0.1) is 0 Å². The molecule has 4 heterocycles. The molecule has 1 unspecified atom stereocenters. The summed E-state index contributed by atoms with van der Waals surface area (Å²) in [6.07, 6.45) is -1.60. The van der Waals surface area contributed by atoms with Gasteiger partial charge in [-0.2, -0.15) is 0 Å². The Morgan fingerprint density at radius 2 is 2.03 bits per heavy atom. The van der Waals surface area contributed by atoms with Crippen molar-refractivity contribution in [2.24, 2.45) is 5.73 Å². The summed E-state index contributed by atoms with van der Waals surface area (Å²) in [6.45, 7) is 0.781. The van der Waals surface area contributed by atoms with E-state index in [1.54, 1.807) is 13.0 Å². The third-order valence-electron chi connectivity index (χ3n) is 6.61. The Balaban J connectivity index is 1.51. The number of aryl methyl sites for hydroxylation is 1. The van der Waals surface area contributed by atoms with Gasteiger partial charge in [-0.3, -0.25) is 14.4 Å². The molecule has 13 heteroatoms. The van der Waals surface area contributed by atoms with Crippen LogP contribution >= 0.6 is 0 Å². The first kappa shape index (κ1) is 25.4. The molecule has 5 rings (SSSR count). The van der Waals surface area contributed by atoms with Crippen LogP contribution in [0.3, 0.4) is 0 Å². The van der Waals surface area contributed by atoms with Gasteiger partial charge in [0.2, 0.25) is 11.8 Å². The maximum absolute atomic E-state index is 14.5. The lowest BCUT2D eigenvalue weighted by atomic mass is 9.97. The van der Waals surface area contributed by atoms with Crippen molar-refractivity contribution < 1.29 is 33.4 Å². The first-order valence-electron chi connectivity index (χ1n) is 11.7. The molecule has 0 aliphatic carbocycles. The predicted octanol–water partition coefficient (Wildman–Crippen LogP) is -0.372. The minimum atomic E-state index is -1.60. The van der Waals surface area contributed by atoms with Crippen LogP contribution in [0.5, 0.6) is 0 Å². The normalized spacial score (nSPS) is 15.5. The van der Waals surface area contributed by atoms with E-state index < -0.39 is 35.3 Å². The van der Waals surface area contributed by atoms with Crippen LogP contribution < -0.4 is 21.9 Å². The number of aromatic nitrogens is 2. The molecule has 5 N–H and O–H groups in total. The number of aliphatic hydroxyl groups excluding tert-OH is 1. The average molecular weight is 525 g/mol. The van der Waals surface area contributed by atoms with Crippen LogP contribution in [0.15, 0.2) is 23.0 Å². The Morgan fingerprint density at radius 3 is 2.79 bits per heavy atom. The zero-order valence-corrected chi connectivity index (χ0v) is 20.3. The van der Waals surface area contributed by atoms with Crippen molar-refractivity contribution >= 4 is 28.7 Å². The van der Waals surface area contributed by atoms with Crippen LogP contribution in [0.2, 0.25) is 0 Å². The number of carbonyl (C=O) groups excluding carboxylic acids is 3. The minimum Gasteiger partial charge on any atom is -0.458 e. The van der Waals surface area contributed by atoms with E-state index in [1.165, 1.54) is 16.7 Å². The van der Waals surface area contributed by atoms with Crippen molar-refractivity contribution in [2.45, 2.75) is 32.7 Å². The Labute approximate surface area is 214 Å². The van der Waals surface area contributed by atoms with Gasteiger partial charge >= 0.3 is 5.97 Å². The molecule has 1 aromatic carbocycles. The molecule has 0 bridgehead atoms. The highest BCUT2D eigenvalue weighted by Crippen LogP contribution is 2.38. The number of nitrogens with two attached hydrogens (primary N) is 1. The molecule has 1 atom stereocenters. The number of esters is 1. The summed E-state index contributed by atoms with van der Waals surface area (Å²) in [5.74, 6) is -2.21. The van der Waals surface area contributed by atoms with Crippen molar-refractivity contribution in [2.75, 3.05) is 19.9 Å². The number of nitrogens with one attached hydrogen (secondary N) is 2. The first-order chi connectivity index (χ1) is 18.2. The molecule has 2 amide bonds. The monoisotopic (exact) mass is 525 g/mol. The molecule has 0 spiro atoms. The summed E-state index contributed by atoms with van der Waals surface area (Å²) in [7, 11) is 0. The summed E-state index contributed by atoms with van der Waals surface area (Å²) in [4.78, 5) is 53.4. The second kappa shape index (κ2) is 9.93. The molecule has 0 fully saturated rings. The number of cyclic esters (lactones) is 1. The minimum absolute atomic E-state index is 0.0243. The van der Waals surface area contributed by atoms with Crippen LogP contribution in [0.1, 0.15) is 33.9 Å². The number of amides is 2. The highest BCUT2D eigenvalue weighted by Gasteiger charge is 2.34.